The summed E-state index contributed by atoms with van der Waals surface area (Å²) < 4.78 is 4.76. The van der Waals surface area contributed by atoms with Crippen molar-refractivity contribution in [2.75, 3.05) is 7.11 Å². The number of pyridine rings is 1. The van der Waals surface area contributed by atoms with Crippen LogP contribution in [0, 0.1) is 0 Å². The molecule has 2 rings (SSSR count). The maximum absolute atomic E-state index is 11.7. The molecule has 2 heterocycles. The Hall–Kier alpha value is -2.17. The van der Waals surface area contributed by atoms with Gasteiger partial charge in [-0.15, -0.1) is 0 Å². The van der Waals surface area contributed by atoms with E-state index < -0.39 is 5.97 Å². The zero-order valence-electron chi connectivity index (χ0n) is 11.1. The molecule has 0 spiro atoms. The van der Waals surface area contributed by atoms with Crippen molar-refractivity contribution in [3.63, 3.8) is 0 Å². The van der Waals surface area contributed by atoms with Crippen LogP contribution in [-0.2, 0) is 11.2 Å². The number of H-pyrrole nitrogens is 1. The Balaban J connectivity index is 2.31. The Bertz CT molecular complexity index is 563. The number of rotatable bonds is 5. The highest BCUT2D eigenvalue weighted by molar-refractivity contribution is 5.95. The first-order valence-corrected chi connectivity index (χ1v) is 6.33. The van der Waals surface area contributed by atoms with Gasteiger partial charge in [-0.05, 0) is 18.6 Å². The topological polar surface area (TPSA) is 67.9 Å². The number of carbonyl (C=O) groups is 1. The van der Waals surface area contributed by atoms with Crippen LogP contribution in [0.25, 0.3) is 11.4 Å². The van der Waals surface area contributed by atoms with Crippen LogP contribution < -0.4 is 0 Å². The first-order valence-electron chi connectivity index (χ1n) is 6.33. The number of ether oxygens (including phenoxy) is 1. The van der Waals surface area contributed by atoms with E-state index in [1.165, 1.54) is 7.11 Å². The molecular weight excluding hydrogens is 242 g/mol. The van der Waals surface area contributed by atoms with Gasteiger partial charge in [0.15, 0.2) is 0 Å². The van der Waals surface area contributed by atoms with E-state index >= 15 is 0 Å². The molecule has 1 N–H and O–H groups in total. The molecule has 0 aliphatic carbocycles. The lowest BCUT2D eigenvalue weighted by atomic mass is 10.1. The van der Waals surface area contributed by atoms with Gasteiger partial charge in [0.1, 0.15) is 11.5 Å². The Morgan fingerprint density at radius 1 is 1.42 bits per heavy atom. The zero-order valence-corrected chi connectivity index (χ0v) is 11.1. The molecule has 0 aliphatic heterocycles. The quantitative estimate of drug-likeness (QED) is 0.838. The van der Waals surface area contributed by atoms with Crippen LogP contribution in [-0.4, -0.2) is 28.0 Å². The number of methoxy groups -OCH3 is 1. The summed E-state index contributed by atoms with van der Waals surface area (Å²) >= 11 is 0. The van der Waals surface area contributed by atoms with Gasteiger partial charge in [-0.25, -0.2) is 9.78 Å². The molecule has 2 aromatic rings. The Morgan fingerprint density at radius 2 is 2.26 bits per heavy atom. The highest BCUT2D eigenvalue weighted by Crippen LogP contribution is 2.20. The minimum absolute atomic E-state index is 0.396. The molecule has 0 aliphatic rings. The summed E-state index contributed by atoms with van der Waals surface area (Å²) in [6, 6.07) is 3.41. The van der Waals surface area contributed by atoms with Crippen molar-refractivity contribution in [2.24, 2.45) is 0 Å². The summed E-state index contributed by atoms with van der Waals surface area (Å²) in [6.07, 6.45) is 6.46. The number of hydrogen-bond acceptors (Lipinski definition) is 4. The van der Waals surface area contributed by atoms with E-state index in [2.05, 4.69) is 21.9 Å². The lowest BCUT2D eigenvalue weighted by Crippen LogP contribution is -2.04. The molecule has 0 bridgehead atoms. The molecular formula is C14H17N3O2. The standard InChI is InChI=1S/C14H17N3O2/c1-3-4-7-12-16-9-11(17-12)13-10(14(18)19-2)6-5-8-15-13/h5-6,8-9H,3-4,7H2,1-2H3,(H,16,17). The van der Waals surface area contributed by atoms with Crippen LogP contribution in [0.1, 0.15) is 35.9 Å². The fourth-order valence-electron chi connectivity index (χ4n) is 1.85. The third-order valence-corrected chi connectivity index (χ3v) is 2.86. The molecule has 0 amide bonds. The van der Waals surface area contributed by atoms with Crippen molar-refractivity contribution in [3.05, 3.63) is 35.9 Å². The molecule has 0 unspecified atom stereocenters. The summed E-state index contributed by atoms with van der Waals surface area (Å²) in [5.74, 6) is 0.520. The van der Waals surface area contributed by atoms with Gasteiger partial charge in [-0.3, -0.25) is 4.98 Å². The van der Waals surface area contributed by atoms with Crippen LogP contribution in [0.4, 0.5) is 0 Å². The fraction of sp³-hybridized carbons (Fsp3) is 0.357. The lowest BCUT2D eigenvalue weighted by Gasteiger charge is -2.04. The molecule has 2 aromatic heterocycles. The largest absolute Gasteiger partial charge is 0.465 e. The number of imidazole rings is 1. The van der Waals surface area contributed by atoms with Crippen LogP contribution in [0.3, 0.4) is 0 Å². The van der Waals surface area contributed by atoms with E-state index in [9.17, 15) is 4.79 Å². The Kier molecular flexibility index (Phi) is 4.28. The predicted molar refractivity (Wildman–Crippen MR) is 71.8 cm³/mol. The second-order valence-corrected chi connectivity index (χ2v) is 4.24. The van der Waals surface area contributed by atoms with Crippen molar-refractivity contribution >= 4 is 5.97 Å². The summed E-state index contributed by atoms with van der Waals surface area (Å²) in [4.78, 5) is 23.4. The minimum atomic E-state index is -0.396. The summed E-state index contributed by atoms with van der Waals surface area (Å²) in [5, 5.41) is 0. The number of hydrogen-bond donors (Lipinski definition) is 1. The molecule has 0 radical (unpaired) electrons. The van der Waals surface area contributed by atoms with Crippen LogP contribution in [0.5, 0.6) is 0 Å². The van der Waals surface area contributed by atoms with E-state index in [1.807, 2.05) is 0 Å². The van der Waals surface area contributed by atoms with Crippen LogP contribution >= 0.6 is 0 Å². The second kappa shape index (κ2) is 6.13. The lowest BCUT2D eigenvalue weighted by molar-refractivity contribution is 0.0601. The number of nitrogens with one attached hydrogen (secondary N) is 1. The van der Waals surface area contributed by atoms with E-state index in [4.69, 9.17) is 4.74 Å². The second-order valence-electron chi connectivity index (χ2n) is 4.24. The van der Waals surface area contributed by atoms with E-state index in [1.54, 1.807) is 24.5 Å². The van der Waals surface area contributed by atoms with Gasteiger partial charge in [0.05, 0.1) is 24.6 Å². The number of aromatic nitrogens is 3. The van der Waals surface area contributed by atoms with E-state index in [0.29, 0.717) is 11.3 Å². The number of carbonyl (C=O) groups excluding carboxylic acids is 1. The SMILES string of the molecule is CCCCc1ncc(-c2ncccc2C(=O)OC)[nH]1. The van der Waals surface area contributed by atoms with Gasteiger partial charge in [0.2, 0.25) is 0 Å². The highest BCUT2D eigenvalue weighted by Gasteiger charge is 2.15. The van der Waals surface area contributed by atoms with Crippen molar-refractivity contribution in [1.82, 2.24) is 15.0 Å². The summed E-state index contributed by atoms with van der Waals surface area (Å²) in [5.41, 5.74) is 1.76. The average molecular weight is 259 g/mol. The van der Waals surface area contributed by atoms with Crippen molar-refractivity contribution in [3.8, 4) is 11.4 Å². The van der Waals surface area contributed by atoms with E-state index in [0.717, 1.165) is 30.8 Å². The van der Waals surface area contributed by atoms with Gasteiger partial charge < -0.3 is 9.72 Å². The average Bonchev–Trinajstić information content (AvgIpc) is 2.93. The first kappa shape index (κ1) is 13.3. The fourth-order valence-corrected chi connectivity index (χ4v) is 1.85. The predicted octanol–water partition coefficient (Wildman–Crippen LogP) is 2.60. The van der Waals surface area contributed by atoms with Crippen LogP contribution in [0.2, 0.25) is 0 Å². The third-order valence-electron chi connectivity index (χ3n) is 2.86. The highest BCUT2D eigenvalue weighted by atomic mass is 16.5. The molecule has 19 heavy (non-hydrogen) atoms. The summed E-state index contributed by atoms with van der Waals surface area (Å²) in [7, 11) is 1.36. The van der Waals surface area contributed by atoms with Gasteiger partial charge in [0, 0.05) is 12.6 Å². The molecule has 5 nitrogen and oxygen atoms in total. The molecule has 5 heteroatoms. The molecule has 0 aromatic carbocycles. The first-order chi connectivity index (χ1) is 9.26. The smallest absolute Gasteiger partial charge is 0.340 e. The number of aromatic amines is 1. The van der Waals surface area contributed by atoms with E-state index in [-0.39, 0.29) is 0 Å². The van der Waals surface area contributed by atoms with Crippen molar-refractivity contribution < 1.29 is 9.53 Å². The van der Waals surface area contributed by atoms with Gasteiger partial charge in [0.25, 0.3) is 0 Å². The monoisotopic (exact) mass is 259 g/mol. The number of nitrogens with zero attached hydrogens (tertiary/aromatic N) is 2. The maximum Gasteiger partial charge on any atom is 0.340 e. The molecule has 0 saturated heterocycles. The van der Waals surface area contributed by atoms with Gasteiger partial charge in [-0.2, -0.15) is 0 Å². The summed E-state index contributed by atoms with van der Waals surface area (Å²) in [6.45, 7) is 2.14. The third kappa shape index (κ3) is 2.99. The molecule has 0 saturated carbocycles. The zero-order chi connectivity index (χ0) is 13.7. The van der Waals surface area contributed by atoms with Gasteiger partial charge in [-0.1, -0.05) is 13.3 Å². The number of esters is 1. The van der Waals surface area contributed by atoms with Crippen LogP contribution in [0.15, 0.2) is 24.5 Å². The van der Waals surface area contributed by atoms with Crippen molar-refractivity contribution in [2.45, 2.75) is 26.2 Å². The number of aryl methyl sites for hydroxylation is 1. The van der Waals surface area contributed by atoms with Gasteiger partial charge >= 0.3 is 5.97 Å². The Morgan fingerprint density at radius 3 is 3.00 bits per heavy atom. The molecule has 100 valence electrons. The molecule has 0 atom stereocenters. The maximum atomic E-state index is 11.7. The number of unbranched alkanes of at least 4 members (excludes halogenated alkanes) is 1. The normalized spacial score (nSPS) is 10.4. The Labute approximate surface area is 112 Å². The minimum Gasteiger partial charge on any atom is -0.465 e. The van der Waals surface area contributed by atoms with Crippen molar-refractivity contribution in [1.29, 1.82) is 0 Å². The molecule has 0 fully saturated rings.